The summed E-state index contributed by atoms with van der Waals surface area (Å²) >= 11 is 0. The quantitative estimate of drug-likeness (QED) is 0.626. The summed E-state index contributed by atoms with van der Waals surface area (Å²) in [6.45, 7) is 15.8. The Morgan fingerprint density at radius 3 is 1.19 bits per heavy atom. The van der Waals surface area contributed by atoms with Gasteiger partial charge in [-0.15, -0.1) is 20.5 Å². The molecule has 1 aromatic rings. The molecule has 3 N–H and O–H groups in total. The van der Waals surface area contributed by atoms with E-state index in [9.17, 15) is 10.4 Å². The van der Waals surface area contributed by atoms with Crippen LogP contribution in [0.15, 0.2) is 0 Å². The molecule has 0 aromatic carbocycles. The maximum atomic E-state index is 12.7. The van der Waals surface area contributed by atoms with Gasteiger partial charge < -0.3 is 16.0 Å². The van der Waals surface area contributed by atoms with E-state index in [0.29, 0.717) is 43.5 Å². The molecule has 180 valence electrons. The monoisotopic (exact) mass is 448 g/mol. The van der Waals surface area contributed by atoms with Crippen LogP contribution >= 0.6 is 0 Å². The van der Waals surface area contributed by atoms with Crippen LogP contribution in [-0.4, -0.2) is 66.4 Å². The number of nitrogens with zero attached hydrogens (tertiary/aromatic N) is 5. The van der Waals surface area contributed by atoms with Crippen LogP contribution in [0.2, 0.25) is 0 Å². The number of nitrogens with one attached hydrogen (secondary N) is 3. The van der Waals surface area contributed by atoms with Gasteiger partial charge in [-0.05, 0) is 81.1 Å². The number of piperidine rings is 2. The van der Waals surface area contributed by atoms with Crippen molar-refractivity contribution < 1.29 is 10.4 Å². The molecule has 1 aromatic heterocycles. The molecule has 0 atom stereocenters. The van der Waals surface area contributed by atoms with Gasteiger partial charge in [0.25, 0.3) is 0 Å². The largest absolute Gasteiger partial charge is 0.357 e. The van der Waals surface area contributed by atoms with Crippen molar-refractivity contribution in [2.45, 2.75) is 115 Å². The first-order valence-corrected chi connectivity index (χ1v) is 11.5. The number of rotatable bonds is 5. The molecule has 2 fully saturated rings. The van der Waals surface area contributed by atoms with Crippen molar-refractivity contribution in [2.75, 3.05) is 23.0 Å². The van der Waals surface area contributed by atoms with Gasteiger partial charge in [0.2, 0.25) is 17.8 Å². The van der Waals surface area contributed by atoms with Gasteiger partial charge in [0.15, 0.2) is 0 Å². The minimum Gasteiger partial charge on any atom is -0.357 e. The molecule has 32 heavy (non-hydrogen) atoms. The molecule has 10 heteroatoms. The van der Waals surface area contributed by atoms with Crippen LogP contribution in [-0.2, 0) is 10.4 Å². The molecule has 0 bridgehead atoms. The Labute approximate surface area is 192 Å². The first-order chi connectivity index (χ1) is 14.6. The zero-order valence-corrected chi connectivity index (χ0v) is 21.0. The molecule has 0 spiro atoms. The van der Waals surface area contributed by atoms with Crippen molar-refractivity contribution in [3.05, 3.63) is 0 Å². The Bertz CT molecular complexity index is 728. The minimum absolute atomic E-state index is 0.0618. The summed E-state index contributed by atoms with van der Waals surface area (Å²) in [6, 6.07) is 0.124. The third kappa shape index (κ3) is 5.08. The Kier molecular flexibility index (Phi) is 6.40. The van der Waals surface area contributed by atoms with Crippen LogP contribution in [0, 0.1) is 0 Å². The van der Waals surface area contributed by atoms with Crippen molar-refractivity contribution in [1.82, 2.24) is 25.1 Å². The van der Waals surface area contributed by atoms with E-state index in [1.165, 1.54) is 10.1 Å². The van der Waals surface area contributed by atoms with Gasteiger partial charge in [0.1, 0.15) is 0 Å². The summed E-state index contributed by atoms with van der Waals surface area (Å²) in [7, 11) is 1.77. The number of aromatic nitrogens is 3. The van der Waals surface area contributed by atoms with E-state index in [1.807, 2.05) is 55.4 Å². The van der Waals surface area contributed by atoms with Crippen molar-refractivity contribution in [3.63, 3.8) is 0 Å². The van der Waals surface area contributed by atoms with Crippen LogP contribution in [0.25, 0.3) is 0 Å². The van der Waals surface area contributed by atoms with Gasteiger partial charge in [-0.1, -0.05) is 0 Å². The van der Waals surface area contributed by atoms with Crippen molar-refractivity contribution >= 4 is 17.8 Å². The molecule has 0 unspecified atom stereocenters. The standard InChI is InChI=1S/C22H40N8O2/c1-19(2)10-14(11-20(3,4)29(19)31)24-17-26-16(23-9)27-18(28-17)25-15-12-21(5,6)30(32)22(7,8)13-15/h14-15H,10-13H2,1-9H3,(H3,23,24,25,26,27,28). The van der Waals surface area contributed by atoms with Crippen molar-refractivity contribution in [2.24, 2.45) is 0 Å². The second-order valence-electron chi connectivity index (χ2n) is 11.9. The second-order valence-corrected chi connectivity index (χ2v) is 11.9. The van der Waals surface area contributed by atoms with Crippen LogP contribution < -0.4 is 16.0 Å². The highest BCUT2D eigenvalue weighted by molar-refractivity contribution is 5.43. The first-order valence-electron chi connectivity index (χ1n) is 11.5. The predicted molar refractivity (Wildman–Crippen MR) is 124 cm³/mol. The highest BCUT2D eigenvalue weighted by Crippen LogP contribution is 2.39. The van der Waals surface area contributed by atoms with Crippen LogP contribution in [0.3, 0.4) is 0 Å². The fourth-order valence-corrected chi connectivity index (χ4v) is 5.71. The molecule has 2 aliphatic rings. The van der Waals surface area contributed by atoms with Crippen LogP contribution in [0.1, 0.15) is 81.1 Å². The molecule has 3 heterocycles. The number of hydroxylamine groups is 4. The fraction of sp³-hybridized carbons (Fsp3) is 0.864. The maximum absolute atomic E-state index is 12.7. The molecule has 0 aliphatic carbocycles. The number of hydrogen-bond acceptors (Lipinski definition) is 8. The van der Waals surface area contributed by atoms with E-state index >= 15 is 0 Å². The van der Waals surface area contributed by atoms with E-state index in [0.717, 1.165) is 0 Å². The number of hydrogen-bond donors (Lipinski definition) is 3. The van der Waals surface area contributed by atoms with Crippen molar-refractivity contribution in [1.29, 1.82) is 0 Å². The lowest BCUT2D eigenvalue weighted by Gasteiger charge is -2.50. The Hall–Kier alpha value is -1.75. The predicted octanol–water partition coefficient (Wildman–Crippen LogP) is 3.47. The topological polar surface area (TPSA) is 121 Å². The fourth-order valence-electron chi connectivity index (χ4n) is 5.71. The van der Waals surface area contributed by atoms with Gasteiger partial charge in [0, 0.05) is 41.3 Å². The molecule has 0 saturated carbocycles. The third-order valence-corrected chi connectivity index (χ3v) is 6.71. The summed E-state index contributed by atoms with van der Waals surface area (Å²) < 4.78 is 0. The summed E-state index contributed by atoms with van der Waals surface area (Å²) in [4.78, 5) is 13.6. The molecular weight excluding hydrogens is 408 g/mol. The molecule has 0 amide bonds. The summed E-state index contributed by atoms with van der Waals surface area (Å²) in [6.07, 6.45) is 2.75. The van der Waals surface area contributed by atoms with E-state index in [4.69, 9.17) is 0 Å². The van der Waals surface area contributed by atoms with Gasteiger partial charge in [-0.25, -0.2) is 0 Å². The van der Waals surface area contributed by atoms with Gasteiger partial charge in [0.05, 0.1) is 0 Å². The molecule has 2 saturated heterocycles. The first kappa shape index (κ1) is 24.9. The van der Waals surface area contributed by atoms with E-state index < -0.39 is 22.2 Å². The SMILES string of the molecule is CNc1nc(NC2CC(C)(C)N([O])C(C)(C)C2)nc(NC2CC(C)(C)N([O])C(C)(C)C2)n1. The van der Waals surface area contributed by atoms with Crippen molar-refractivity contribution in [3.8, 4) is 0 Å². The minimum atomic E-state index is -0.483. The molecule has 3 rings (SSSR count). The summed E-state index contributed by atoms with van der Waals surface area (Å²) in [5.41, 5.74) is -1.93. The molecule has 10 nitrogen and oxygen atoms in total. The molecule has 2 aliphatic heterocycles. The Balaban J connectivity index is 1.79. The van der Waals surface area contributed by atoms with Crippen LogP contribution in [0.4, 0.5) is 17.8 Å². The van der Waals surface area contributed by atoms with Gasteiger partial charge >= 0.3 is 0 Å². The van der Waals surface area contributed by atoms with E-state index in [2.05, 4.69) is 30.9 Å². The summed E-state index contributed by atoms with van der Waals surface area (Å²) in [5.74, 6) is 1.41. The highest BCUT2D eigenvalue weighted by Gasteiger charge is 2.47. The average molecular weight is 449 g/mol. The lowest BCUT2D eigenvalue weighted by atomic mass is 9.79. The van der Waals surface area contributed by atoms with Crippen LogP contribution in [0.5, 0.6) is 0 Å². The Morgan fingerprint density at radius 2 is 0.906 bits per heavy atom. The molecular formula is C22H40N8O2. The second kappa shape index (κ2) is 8.23. The average Bonchev–Trinajstić information content (AvgIpc) is 2.63. The zero-order chi connectivity index (χ0) is 24.1. The van der Waals surface area contributed by atoms with Gasteiger partial charge in [-0.3, -0.25) is 0 Å². The van der Waals surface area contributed by atoms with E-state index in [1.54, 1.807) is 7.05 Å². The zero-order valence-electron chi connectivity index (χ0n) is 21.0. The normalized spacial score (nSPS) is 26.0. The summed E-state index contributed by atoms with van der Waals surface area (Å²) in [5, 5.41) is 37.6. The lowest BCUT2D eigenvalue weighted by molar-refractivity contribution is -0.288. The Morgan fingerprint density at radius 1 is 0.625 bits per heavy atom. The van der Waals surface area contributed by atoms with Gasteiger partial charge in [-0.2, -0.15) is 15.0 Å². The third-order valence-electron chi connectivity index (χ3n) is 6.71. The smallest absolute Gasteiger partial charge is 0.229 e. The highest BCUT2D eigenvalue weighted by atomic mass is 16.5. The van der Waals surface area contributed by atoms with E-state index in [-0.39, 0.29) is 12.1 Å². The molecule has 2 radical (unpaired) electrons. The maximum Gasteiger partial charge on any atom is 0.229 e. The number of anilines is 3. The lowest BCUT2D eigenvalue weighted by Crippen LogP contribution is -2.60.